The molecule has 1 fully saturated rings. The molecule has 3 rings (SSSR count). The normalized spacial score (nSPS) is 16.8. The Kier molecular flexibility index (Phi) is 3.11. The van der Waals surface area contributed by atoms with Gasteiger partial charge in [-0.15, -0.1) is 0 Å². The van der Waals surface area contributed by atoms with Gasteiger partial charge in [0, 0.05) is 28.9 Å². The molecule has 0 saturated heterocycles. The highest BCUT2D eigenvalue weighted by Gasteiger charge is 2.41. The second-order valence-corrected chi connectivity index (χ2v) is 5.26. The molecule has 1 aliphatic rings. The van der Waals surface area contributed by atoms with Crippen molar-refractivity contribution in [1.82, 2.24) is 4.98 Å². The van der Waals surface area contributed by atoms with Gasteiger partial charge in [-0.2, -0.15) is 5.26 Å². The number of pyridine rings is 1. The molecular weight excluding hydrogens is 250 g/mol. The Labute approximate surface area is 117 Å². The third-order valence-corrected chi connectivity index (χ3v) is 4.03. The molecule has 1 amide bonds. The van der Waals surface area contributed by atoms with Crippen LogP contribution in [-0.2, 0) is 4.79 Å². The molecule has 1 aliphatic carbocycles. The van der Waals surface area contributed by atoms with E-state index in [1.165, 1.54) is 0 Å². The number of nitriles is 1. The molecular formula is C16H15N3O. The molecule has 0 aliphatic heterocycles. The van der Waals surface area contributed by atoms with E-state index >= 15 is 0 Å². The number of carbonyl (C=O) groups excluding carboxylic acids is 1. The van der Waals surface area contributed by atoms with Crippen molar-refractivity contribution in [2.24, 2.45) is 5.41 Å². The summed E-state index contributed by atoms with van der Waals surface area (Å²) in [4.78, 5) is 16.5. The first-order valence-corrected chi connectivity index (χ1v) is 6.81. The molecule has 0 radical (unpaired) electrons. The molecule has 1 aromatic carbocycles. The summed E-state index contributed by atoms with van der Waals surface area (Å²) in [5.74, 6) is -0.179. The van der Waals surface area contributed by atoms with Crippen molar-refractivity contribution in [2.75, 3.05) is 5.32 Å². The summed E-state index contributed by atoms with van der Waals surface area (Å²) in [6.07, 6.45) is 6.67. The molecule has 2 aromatic rings. The molecule has 4 heteroatoms. The van der Waals surface area contributed by atoms with Gasteiger partial charge in [0.05, 0.1) is 6.07 Å². The van der Waals surface area contributed by atoms with E-state index in [4.69, 9.17) is 0 Å². The summed E-state index contributed by atoms with van der Waals surface area (Å²) >= 11 is 0. The smallest absolute Gasteiger partial charge is 0.244 e. The van der Waals surface area contributed by atoms with Crippen molar-refractivity contribution in [3.63, 3.8) is 0 Å². The van der Waals surface area contributed by atoms with Crippen molar-refractivity contribution < 1.29 is 4.79 Å². The van der Waals surface area contributed by atoms with Crippen LogP contribution in [0.1, 0.15) is 25.7 Å². The van der Waals surface area contributed by atoms with Crippen LogP contribution < -0.4 is 5.32 Å². The van der Waals surface area contributed by atoms with E-state index < -0.39 is 5.41 Å². The largest absolute Gasteiger partial charge is 0.324 e. The number of nitrogens with one attached hydrogen (secondary N) is 1. The molecule has 100 valence electrons. The molecule has 1 N–H and O–H groups in total. The maximum absolute atomic E-state index is 12.5. The minimum Gasteiger partial charge on any atom is -0.324 e. The topological polar surface area (TPSA) is 65.8 Å². The summed E-state index contributed by atoms with van der Waals surface area (Å²) in [5.41, 5.74) is -0.105. The van der Waals surface area contributed by atoms with E-state index in [2.05, 4.69) is 16.4 Å². The second-order valence-electron chi connectivity index (χ2n) is 5.26. The first-order valence-electron chi connectivity index (χ1n) is 6.81. The van der Waals surface area contributed by atoms with E-state index in [1.54, 1.807) is 12.4 Å². The van der Waals surface area contributed by atoms with Gasteiger partial charge in [-0.25, -0.2) is 0 Å². The summed E-state index contributed by atoms with van der Waals surface area (Å²) in [7, 11) is 0. The zero-order valence-corrected chi connectivity index (χ0v) is 11.1. The molecule has 1 aromatic heterocycles. The average molecular weight is 265 g/mol. The summed E-state index contributed by atoms with van der Waals surface area (Å²) in [5, 5.41) is 14.2. The summed E-state index contributed by atoms with van der Waals surface area (Å²) < 4.78 is 0. The van der Waals surface area contributed by atoms with Crippen molar-refractivity contribution in [1.29, 1.82) is 5.26 Å². The van der Waals surface area contributed by atoms with Crippen molar-refractivity contribution >= 4 is 22.4 Å². The maximum Gasteiger partial charge on any atom is 0.244 e. The van der Waals surface area contributed by atoms with Crippen LogP contribution in [0.15, 0.2) is 36.7 Å². The molecule has 4 nitrogen and oxygen atoms in total. The Morgan fingerprint density at radius 2 is 2.10 bits per heavy atom. The molecule has 0 bridgehead atoms. The lowest BCUT2D eigenvalue weighted by Gasteiger charge is -2.19. The van der Waals surface area contributed by atoms with E-state index in [-0.39, 0.29) is 5.91 Å². The molecule has 0 unspecified atom stereocenters. The van der Waals surface area contributed by atoms with Gasteiger partial charge in [0.2, 0.25) is 5.91 Å². The van der Waals surface area contributed by atoms with Crippen LogP contribution >= 0.6 is 0 Å². The average Bonchev–Trinajstić information content (AvgIpc) is 2.98. The fraction of sp³-hybridized carbons (Fsp3) is 0.312. The zero-order valence-electron chi connectivity index (χ0n) is 11.1. The van der Waals surface area contributed by atoms with Gasteiger partial charge < -0.3 is 5.32 Å². The Balaban J connectivity index is 1.94. The summed E-state index contributed by atoms with van der Waals surface area (Å²) in [6.45, 7) is 0. The fourth-order valence-electron chi connectivity index (χ4n) is 2.84. The van der Waals surface area contributed by atoms with Crippen LogP contribution in [-0.4, -0.2) is 10.9 Å². The lowest BCUT2D eigenvalue weighted by molar-refractivity contribution is -0.122. The van der Waals surface area contributed by atoms with Gasteiger partial charge in [0.15, 0.2) is 0 Å². The van der Waals surface area contributed by atoms with Gasteiger partial charge in [0.25, 0.3) is 0 Å². The highest BCUT2D eigenvalue weighted by molar-refractivity contribution is 6.04. The Morgan fingerprint density at radius 1 is 1.30 bits per heavy atom. The van der Waals surface area contributed by atoms with Gasteiger partial charge in [-0.05, 0) is 25.0 Å². The van der Waals surface area contributed by atoms with E-state index in [9.17, 15) is 10.1 Å². The number of hydrogen-bond acceptors (Lipinski definition) is 3. The first kappa shape index (κ1) is 12.6. The van der Waals surface area contributed by atoms with Gasteiger partial charge in [0.1, 0.15) is 5.41 Å². The Hall–Kier alpha value is -2.41. The predicted molar refractivity (Wildman–Crippen MR) is 76.9 cm³/mol. The minimum absolute atomic E-state index is 0.179. The van der Waals surface area contributed by atoms with E-state index in [1.807, 2.05) is 24.3 Å². The number of fused-ring (bicyclic) bond motifs is 1. The first-order chi connectivity index (χ1) is 9.75. The fourth-order valence-corrected chi connectivity index (χ4v) is 2.84. The number of anilines is 1. The van der Waals surface area contributed by atoms with Crippen molar-refractivity contribution in [3.05, 3.63) is 36.7 Å². The number of hydrogen-bond donors (Lipinski definition) is 1. The highest BCUT2D eigenvalue weighted by atomic mass is 16.2. The zero-order chi connectivity index (χ0) is 14.0. The quantitative estimate of drug-likeness (QED) is 0.906. The van der Waals surface area contributed by atoms with Crippen LogP contribution in [0.3, 0.4) is 0 Å². The monoisotopic (exact) mass is 265 g/mol. The van der Waals surface area contributed by atoms with Crippen LogP contribution in [0.4, 0.5) is 5.69 Å². The number of aromatic nitrogens is 1. The Morgan fingerprint density at radius 3 is 2.85 bits per heavy atom. The number of carbonyl (C=O) groups is 1. The highest BCUT2D eigenvalue weighted by Crippen LogP contribution is 2.38. The molecule has 1 heterocycles. The van der Waals surface area contributed by atoms with Crippen LogP contribution in [0.2, 0.25) is 0 Å². The maximum atomic E-state index is 12.5. The van der Waals surface area contributed by atoms with Gasteiger partial charge in [-0.3, -0.25) is 9.78 Å². The SMILES string of the molecule is N#CC1(C(=O)Nc2cccc3cnccc23)CCCC1. The van der Waals surface area contributed by atoms with Crippen LogP contribution in [0, 0.1) is 16.7 Å². The second kappa shape index (κ2) is 4.93. The van der Waals surface area contributed by atoms with Crippen LogP contribution in [0.5, 0.6) is 0 Å². The minimum atomic E-state index is -0.852. The standard InChI is InChI=1S/C16H15N3O/c17-11-16(7-1-2-8-16)15(20)19-14-5-3-4-12-10-18-9-6-13(12)14/h3-6,9-10H,1-2,7-8H2,(H,19,20). The van der Waals surface area contributed by atoms with Crippen molar-refractivity contribution in [2.45, 2.75) is 25.7 Å². The van der Waals surface area contributed by atoms with Gasteiger partial charge >= 0.3 is 0 Å². The third kappa shape index (κ3) is 2.01. The summed E-state index contributed by atoms with van der Waals surface area (Å²) in [6, 6.07) is 9.79. The molecule has 0 spiro atoms. The Bertz CT molecular complexity index is 691. The number of benzene rings is 1. The molecule has 1 saturated carbocycles. The van der Waals surface area contributed by atoms with Crippen LogP contribution in [0.25, 0.3) is 10.8 Å². The lowest BCUT2D eigenvalue weighted by Crippen LogP contribution is -2.32. The molecule has 0 atom stereocenters. The number of rotatable bonds is 2. The number of amides is 1. The van der Waals surface area contributed by atoms with Crippen molar-refractivity contribution in [3.8, 4) is 6.07 Å². The van der Waals surface area contributed by atoms with E-state index in [0.717, 1.165) is 29.3 Å². The number of nitrogens with zero attached hydrogens (tertiary/aromatic N) is 2. The van der Waals surface area contributed by atoms with E-state index in [0.29, 0.717) is 12.8 Å². The predicted octanol–water partition coefficient (Wildman–Crippen LogP) is 3.26. The third-order valence-electron chi connectivity index (χ3n) is 4.03. The lowest BCUT2D eigenvalue weighted by atomic mass is 9.87. The van der Waals surface area contributed by atoms with Gasteiger partial charge in [-0.1, -0.05) is 25.0 Å². The molecule has 20 heavy (non-hydrogen) atoms.